The topological polar surface area (TPSA) is 76.7 Å². The normalized spacial score (nSPS) is 21.9. The summed E-state index contributed by atoms with van der Waals surface area (Å²) < 4.78 is 13.4. The minimum absolute atomic E-state index is 0.0333. The lowest BCUT2D eigenvalue weighted by Crippen LogP contribution is -2.18. The Bertz CT molecular complexity index is 658. The van der Waals surface area contributed by atoms with Crippen LogP contribution >= 0.6 is 0 Å². The quantitative estimate of drug-likeness (QED) is 0.907. The lowest BCUT2D eigenvalue weighted by Gasteiger charge is -2.19. The van der Waals surface area contributed by atoms with E-state index >= 15 is 0 Å². The van der Waals surface area contributed by atoms with E-state index < -0.39 is 6.17 Å². The first-order valence-electron chi connectivity index (χ1n) is 7.04. The second-order valence-electron chi connectivity index (χ2n) is 5.49. The number of alkyl halides is 1. The molecule has 0 bridgehead atoms. The zero-order valence-corrected chi connectivity index (χ0v) is 12.0. The van der Waals surface area contributed by atoms with Crippen molar-refractivity contribution in [1.82, 2.24) is 15.0 Å². The average Bonchev–Trinajstić information content (AvgIpc) is 2.75. The predicted octanol–water partition coefficient (Wildman–Crippen LogP) is 2.83. The summed E-state index contributed by atoms with van der Waals surface area (Å²) in [5.41, 5.74) is 8.19. The van der Waals surface area contributed by atoms with Crippen LogP contribution in [0.25, 0.3) is 0 Å². The van der Waals surface area contributed by atoms with Gasteiger partial charge >= 0.3 is 0 Å². The van der Waals surface area contributed by atoms with E-state index in [2.05, 4.69) is 39.3 Å². The van der Waals surface area contributed by atoms with Crippen LogP contribution in [0.4, 0.5) is 16.3 Å². The van der Waals surface area contributed by atoms with E-state index in [1.165, 1.54) is 18.1 Å². The van der Waals surface area contributed by atoms with Crippen LogP contribution in [0.3, 0.4) is 0 Å². The summed E-state index contributed by atoms with van der Waals surface area (Å²) in [6, 6.07) is 8.38. The summed E-state index contributed by atoms with van der Waals surface area (Å²) in [6.07, 6.45) is -0.273. The molecule has 1 aromatic heterocycles. The third-order valence-electron chi connectivity index (χ3n) is 3.81. The number of nitrogens with zero attached hydrogens (tertiary/aromatic N) is 3. The van der Waals surface area contributed by atoms with Crippen molar-refractivity contribution in [2.45, 2.75) is 32.5 Å². The van der Waals surface area contributed by atoms with E-state index in [0.717, 1.165) is 6.42 Å². The maximum Gasteiger partial charge on any atom is 0.228 e. The standard InChI is InChI=1S/C15H18FN5/c1-8-7-10-5-3-4-6-11(10)12(8)18-15-20-13(9(2)16)19-14(17)21-15/h3-6,8-9,12H,7H2,1-2H3,(H3,17,18,19,20,21). The van der Waals surface area contributed by atoms with Gasteiger partial charge in [-0.15, -0.1) is 0 Å². The van der Waals surface area contributed by atoms with E-state index in [4.69, 9.17) is 5.73 Å². The molecule has 0 aliphatic heterocycles. The number of nitrogens with one attached hydrogen (secondary N) is 1. The maximum atomic E-state index is 13.4. The fourth-order valence-corrected chi connectivity index (χ4v) is 2.81. The van der Waals surface area contributed by atoms with Gasteiger partial charge in [0.05, 0.1) is 6.04 Å². The number of aromatic nitrogens is 3. The van der Waals surface area contributed by atoms with Crippen LogP contribution in [0.1, 0.15) is 43.0 Å². The molecule has 1 aliphatic carbocycles. The molecule has 3 N–H and O–H groups in total. The molecular weight excluding hydrogens is 269 g/mol. The number of nitrogen functional groups attached to an aromatic ring is 1. The Morgan fingerprint density at radius 1 is 1.29 bits per heavy atom. The third kappa shape index (κ3) is 2.66. The molecular formula is C15H18FN5. The number of hydrogen-bond donors (Lipinski definition) is 2. The van der Waals surface area contributed by atoms with Gasteiger partial charge in [0.15, 0.2) is 12.0 Å². The molecule has 5 nitrogen and oxygen atoms in total. The maximum absolute atomic E-state index is 13.4. The fraction of sp³-hybridized carbons (Fsp3) is 0.400. The van der Waals surface area contributed by atoms with Gasteiger partial charge in [0.2, 0.25) is 11.9 Å². The van der Waals surface area contributed by atoms with Crippen LogP contribution in [-0.2, 0) is 6.42 Å². The summed E-state index contributed by atoms with van der Waals surface area (Å²) in [5, 5.41) is 3.27. The Morgan fingerprint density at radius 2 is 2.05 bits per heavy atom. The van der Waals surface area contributed by atoms with Crippen molar-refractivity contribution in [2.24, 2.45) is 5.92 Å². The molecule has 1 heterocycles. The van der Waals surface area contributed by atoms with Gasteiger partial charge < -0.3 is 11.1 Å². The third-order valence-corrected chi connectivity index (χ3v) is 3.81. The molecule has 0 radical (unpaired) electrons. The van der Waals surface area contributed by atoms with Crippen LogP contribution in [0.15, 0.2) is 24.3 Å². The summed E-state index contributed by atoms with van der Waals surface area (Å²) in [5.74, 6) is 0.831. The van der Waals surface area contributed by atoms with Gasteiger partial charge in [-0.25, -0.2) is 4.39 Å². The molecule has 0 amide bonds. The van der Waals surface area contributed by atoms with Crippen molar-refractivity contribution < 1.29 is 4.39 Å². The van der Waals surface area contributed by atoms with Crippen molar-refractivity contribution in [1.29, 1.82) is 0 Å². The lowest BCUT2D eigenvalue weighted by atomic mass is 10.0. The van der Waals surface area contributed by atoms with Crippen molar-refractivity contribution >= 4 is 11.9 Å². The smallest absolute Gasteiger partial charge is 0.228 e. The molecule has 1 aromatic carbocycles. The van der Waals surface area contributed by atoms with Gasteiger partial charge in [-0.05, 0) is 30.4 Å². The van der Waals surface area contributed by atoms with Crippen LogP contribution in [0.5, 0.6) is 0 Å². The Labute approximate surface area is 122 Å². The lowest BCUT2D eigenvalue weighted by molar-refractivity contribution is 0.356. The largest absolute Gasteiger partial charge is 0.368 e. The van der Waals surface area contributed by atoms with E-state index in [-0.39, 0.29) is 17.8 Å². The van der Waals surface area contributed by atoms with E-state index in [1.54, 1.807) is 0 Å². The summed E-state index contributed by atoms with van der Waals surface area (Å²) in [6.45, 7) is 3.55. The number of halogens is 1. The molecule has 3 atom stereocenters. The van der Waals surface area contributed by atoms with E-state index in [0.29, 0.717) is 11.9 Å². The molecule has 3 unspecified atom stereocenters. The zero-order valence-electron chi connectivity index (χ0n) is 12.0. The first kappa shape index (κ1) is 13.7. The number of anilines is 2. The van der Waals surface area contributed by atoms with Crippen molar-refractivity contribution in [3.05, 3.63) is 41.2 Å². The molecule has 0 fully saturated rings. The highest BCUT2D eigenvalue weighted by atomic mass is 19.1. The van der Waals surface area contributed by atoms with Gasteiger partial charge in [0, 0.05) is 0 Å². The first-order valence-corrected chi connectivity index (χ1v) is 7.04. The van der Waals surface area contributed by atoms with Crippen LogP contribution in [0.2, 0.25) is 0 Å². The van der Waals surface area contributed by atoms with Crippen molar-refractivity contribution in [3.63, 3.8) is 0 Å². The summed E-state index contributed by atoms with van der Waals surface area (Å²) >= 11 is 0. The molecule has 0 saturated carbocycles. The van der Waals surface area contributed by atoms with Gasteiger partial charge in [-0.3, -0.25) is 0 Å². The van der Waals surface area contributed by atoms with E-state index in [9.17, 15) is 4.39 Å². The second-order valence-corrected chi connectivity index (χ2v) is 5.49. The minimum Gasteiger partial charge on any atom is -0.368 e. The zero-order chi connectivity index (χ0) is 15.0. The number of fused-ring (bicyclic) bond motifs is 1. The minimum atomic E-state index is -1.27. The number of hydrogen-bond acceptors (Lipinski definition) is 5. The molecule has 2 aromatic rings. The Balaban J connectivity index is 1.90. The molecule has 21 heavy (non-hydrogen) atoms. The molecule has 110 valence electrons. The first-order chi connectivity index (χ1) is 10.0. The predicted molar refractivity (Wildman–Crippen MR) is 79.4 cm³/mol. The highest BCUT2D eigenvalue weighted by Gasteiger charge is 2.29. The Morgan fingerprint density at radius 3 is 2.81 bits per heavy atom. The number of benzene rings is 1. The molecule has 1 aliphatic rings. The van der Waals surface area contributed by atoms with Gasteiger partial charge in [0.1, 0.15) is 0 Å². The number of nitrogens with two attached hydrogens (primary N) is 1. The average molecular weight is 287 g/mol. The molecule has 3 rings (SSSR count). The highest BCUT2D eigenvalue weighted by Crippen LogP contribution is 2.37. The number of rotatable bonds is 3. The van der Waals surface area contributed by atoms with Crippen molar-refractivity contribution in [3.8, 4) is 0 Å². The molecule has 0 saturated heterocycles. The highest BCUT2D eigenvalue weighted by molar-refractivity contribution is 5.42. The van der Waals surface area contributed by atoms with Crippen LogP contribution in [0, 0.1) is 5.92 Å². The van der Waals surface area contributed by atoms with E-state index in [1.807, 2.05) is 12.1 Å². The Hall–Kier alpha value is -2.24. The Kier molecular flexibility index (Phi) is 3.45. The summed E-state index contributed by atoms with van der Waals surface area (Å²) in [7, 11) is 0. The molecule has 0 spiro atoms. The monoisotopic (exact) mass is 287 g/mol. The van der Waals surface area contributed by atoms with Gasteiger partial charge in [-0.1, -0.05) is 31.2 Å². The fourth-order valence-electron chi connectivity index (χ4n) is 2.81. The molecule has 6 heteroatoms. The van der Waals surface area contributed by atoms with Crippen LogP contribution in [-0.4, -0.2) is 15.0 Å². The van der Waals surface area contributed by atoms with Crippen molar-refractivity contribution in [2.75, 3.05) is 11.1 Å². The second kappa shape index (κ2) is 5.27. The van der Waals surface area contributed by atoms with Gasteiger partial charge in [-0.2, -0.15) is 15.0 Å². The van der Waals surface area contributed by atoms with Crippen LogP contribution < -0.4 is 11.1 Å². The summed E-state index contributed by atoms with van der Waals surface area (Å²) in [4.78, 5) is 12.0. The van der Waals surface area contributed by atoms with Gasteiger partial charge in [0.25, 0.3) is 0 Å². The SMILES string of the molecule is CC(F)c1nc(N)nc(NC2c3ccccc3CC2C)n1.